The first-order valence-corrected chi connectivity index (χ1v) is 6.35. The maximum Gasteiger partial charge on any atom is 0.192 e. The molecule has 0 saturated carbocycles. The number of halogens is 3. The first-order chi connectivity index (χ1) is 8.65. The normalized spacial score (nSPS) is 10.3. The van der Waals surface area contributed by atoms with Gasteiger partial charge in [-0.1, -0.05) is 21.9 Å². The zero-order valence-electron chi connectivity index (χ0n) is 10.5. The fourth-order valence-corrected chi connectivity index (χ4v) is 1.86. The molecule has 0 unspecified atom stereocenters. The predicted octanol–water partition coefficient (Wildman–Crippen LogP) is 2.89. The van der Waals surface area contributed by atoms with Gasteiger partial charge in [-0.05, 0) is 30.7 Å². The molecule has 2 N–H and O–H groups in total. The highest BCUT2D eigenvalue weighted by Gasteiger charge is 2.00. The van der Waals surface area contributed by atoms with Gasteiger partial charge in [0.2, 0.25) is 0 Å². The molecule has 0 bridgehead atoms. The molecule has 0 fully saturated rings. The molecule has 104 valence electrons. The van der Waals surface area contributed by atoms with E-state index >= 15 is 0 Å². The van der Waals surface area contributed by atoms with Crippen LogP contribution in [0.25, 0.3) is 0 Å². The van der Waals surface area contributed by atoms with Crippen molar-refractivity contribution in [1.29, 1.82) is 0 Å². The maximum absolute atomic E-state index is 13.2. The first kappa shape index (κ1) is 18.2. The number of aliphatic imine (C=N–C) groups is 1. The summed E-state index contributed by atoms with van der Waals surface area (Å²) < 4.78 is 13.9. The van der Waals surface area contributed by atoms with Crippen LogP contribution in [0.1, 0.15) is 12.5 Å². The average molecular weight is 440 g/mol. The van der Waals surface area contributed by atoms with Crippen LogP contribution in [0.2, 0.25) is 0 Å². The van der Waals surface area contributed by atoms with Crippen LogP contribution in [0, 0.1) is 18.2 Å². The van der Waals surface area contributed by atoms with E-state index in [9.17, 15) is 4.39 Å². The van der Waals surface area contributed by atoms with Crippen molar-refractivity contribution < 1.29 is 4.39 Å². The molecule has 1 rings (SSSR count). The number of hydrogen-bond acceptors (Lipinski definition) is 1. The zero-order valence-corrected chi connectivity index (χ0v) is 14.5. The van der Waals surface area contributed by atoms with E-state index in [0.717, 1.165) is 12.1 Å². The van der Waals surface area contributed by atoms with Gasteiger partial charge < -0.3 is 10.6 Å². The number of nitrogens with zero attached hydrogens (tertiary/aromatic N) is 1. The highest BCUT2D eigenvalue weighted by molar-refractivity contribution is 14.0. The van der Waals surface area contributed by atoms with E-state index < -0.39 is 0 Å². The molecule has 0 aliphatic rings. The van der Waals surface area contributed by atoms with E-state index in [1.54, 1.807) is 0 Å². The van der Waals surface area contributed by atoms with Gasteiger partial charge in [0.25, 0.3) is 0 Å². The molecule has 19 heavy (non-hydrogen) atoms. The number of nitrogens with one attached hydrogen (secondary N) is 2. The third-order valence-electron chi connectivity index (χ3n) is 2.04. The van der Waals surface area contributed by atoms with Crippen molar-refractivity contribution in [2.24, 2.45) is 4.99 Å². The summed E-state index contributed by atoms with van der Waals surface area (Å²) in [7, 11) is 0. The Bertz CT molecular complexity index is 451. The fraction of sp³-hybridized carbons (Fsp3) is 0.308. The minimum atomic E-state index is -0.281. The van der Waals surface area contributed by atoms with Gasteiger partial charge in [-0.3, -0.25) is 0 Å². The standard InChI is InChI=1S/C13H15BrFN3.HI/c1-3-5-17-13(16-4-2)18-9-10-6-11(14)8-12(15)7-10;/h1,6-8H,4-5,9H2,2H3,(H2,16,17,18);1H. The van der Waals surface area contributed by atoms with Crippen molar-refractivity contribution in [3.8, 4) is 12.3 Å². The molecule has 0 amide bonds. The summed E-state index contributed by atoms with van der Waals surface area (Å²) in [6.07, 6.45) is 5.17. The van der Waals surface area contributed by atoms with E-state index in [4.69, 9.17) is 6.42 Å². The Kier molecular flexibility index (Phi) is 9.61. The van der Waals surface area contributed by atoms with Crippen LogP contribution in [0.4, 0.5) is 4.39 Å². The molecule has 1 aromatic carbocycles. The summed E-state index contributed by atoms with van der Waals surface area (Å²) in [6, 6.07) is 4.70. The van der Waals surface area contributed by atoms with Crippen LogP contribution in [-0.4, -0.2) is 19.0 Å². The van der Waals surface area contributed by atoms with E-state index in [2.05, 4.69) is 37.5 Å². The van der Waals surface area contributed by atoms with Gasteiger partial charge >= 0.3 is 0 Å². The van der Waals surface area contributed by atoms with Crippen LogP contribution in [0.5, 0.6) is 0 Å². The molecule has 0 radical (unpaired) electrons. The Morgan fingerprint density at radius 3 is 2.74 bits per heavy atom. The number of terminal acetylenes is 1. The summed E-state index contributed by atoms with van der Waals surface area (Å²) in [4.78, 5) is 4.31. The second kappa shape index (κ2) is 10.0. The number of benzene rings is 1. The molecule has 0 aliphatic carbocycles. The number of rotatable bonds is 4. The second-order valence-corrected chi connectivity index (χ2v) is 4.45. The highest BCUT2D eigenvalue weighted by atomic mass is 127. The van der Waals surface area contributed by atoms with Gasteiger partial charge in [-0.25, -0.2) is 9.38 Å². The summed E-state index contributed by atoms with van der Waals surface area (Å²) in [5, 5.41) is 6.02. The first-order valence-electron chi connectivity index (χ1n) is 5.56. The Labute approximate surface area is 138 Å². The Morgan fingerprint density at radius 2 is 2.16 bits per heavy atom. The topological polar surface area (TPSA) is 36.4 Å². The molecule has 0 heterocycles. The largest absolute Gasteiger partial charge is 0.357 e. The van der Waals surface area contributed by atoms with Crippen LogP contribution in [0.15, 0.2) is 27.7 Å². The molecular formula is C13H16BrFIN3. The van der Waals surface area contributed by atoms with E-state index in [1.807, 2.05) is 13.0 Å². The molecule has 1 aromatic rings. The molecular weight excluding hydrogens is 424 g/mol. The van der Waals surface area contributed by atoms with E-state index in [0.29, 0.717) is 23.5 Å². The molecule has 3 nitrogen and oxygen atoms in total. The third kappa shape index (κ3) is 7.38. The Hall–Kier alpha value is -0.810. The smallest absolute Gasteiger partial charge is 0.192 e. The minimum Gasteiger partial charge on any atom is -0.357 e. The van der Waals surface area contributed by atoms with Gasteiger partial charge in [-0.15, -0.1) is 30.4 Å². The molecule has 6 heteroatoms. The van der Waals surface area contributed by atoms with E-state index in [-0.39, 0.29) is 29.8 Å². The average Bonchev–Trinajstić information content (AvgIpc) is 2.31. The lowest BCUT2D eigenvalue weighted by Gasteiger charge is -2.08. The van der Waals surface area contributed by atoms with Crippen LogP contribution < -0.4 is 10.6 Å². The number of guanidine groups is 1. The van der Waals surface area contributed by atoms with Crippen molar-refractivity contribution in [3.05, 3.63) is 34.1 Å². The van der Waals surface area contributed by atoms with Crippen molar-refractivity contribution in [3.63, 3.8) is 0 Å². The van der Waals surface area contributed by atoms with Crippen molar-refractivity contribution in [2.45, 2.75) is 13.5 Å². The highest BCUT2D eigenvalue weighted by Crippen LogP contribution is 2.15. The van der Waals surface area contributed by atoms with Crippen LogP contribution in [0.3, 0.4) is 0 Å². The number of hydrogen-bond donors (Lipinski definition) is 2. The summed E-state index contributed by atoms with van der Waals surface area (Å²) in [5.41, 5.74) is 0.791. The van der Waals surface area contributed by atoms with Gasteiger partial charge in [0, 0.05) is 11.0 Å². The lowest BCUT2D eigenvalue weighted by Crippen LogP contribution is -2.37. The lowest BCUT2D eigenvalue weighted by atomic mass is 10.2. The van der Waals surface area contributed by atoms with Gasteiger partial charge in [0.15, 0.2) is 5.96 Å². The summed E-state index contributed by atoms with van der Waals surface area (Å²) >= 11 is 3.25. The molecule has 0 saturated heterocycles. The maximum atomic E-state index is 13.2. The Balaban J connectivity index is 0.00000324. The summed E-state index contributed by atoms with van der Waals surface area (Å²) in [6.45, 7) is 3.49. The lowest BCUT2D eigenvalue weighted by molar-refractivity contribution is 0.624. The van der Waals surface area contributed by atoms with E-state index in [1.165, 1.54) is 12.1 Å². The van der Waals surface area contributed by atoms with Crippen molar-refractivity contribution in [2.75, 3.05) is 13.1 Å². The van der Waals surface area contributed by atoms with Crippen molar-refractivity contribution >= 4 is 45.9 Å². The van der Waals surface area contributed by atoms with Gasteiger partial charge in [0.05, 0.1) is 13.1 Å². The molecule has 0 atom stereocenters. The summed E-state index contributed by atoms with van der Waals surface area (Å²) in [5.74, 6) is 2.81. The van der Waals surface area contributed by atoms with Gasteiger partial charge in [0.1, 0.15) is 5.82 Å². The second-order valence-electron chi connectivity index (χ2n) is 3.53. The van der Waals surface area contributed by atoms with Gasteiger partial charge in [-0.2, -0.15) is 0 Å². The molecule has 0 aliphatic heterocycles. The third-order valence-corrected chi connectivity index (χ3v) is 2.50. The Morgan fingerprint density at radius 1 is 1.42 bits per heavy atom. The SMILES string of the molecule is C#CCNC(=NCc1cc(F)cc(Br)c1)NCC.I. The quantitative estimate of drug-likeness (QED) is 0.327. The zero-order chi connectivity index (χ0) is 13.4. The molecule has 0 spiro atoms. The predicted molar refractivity (Wildman–Crippen MR) is 91.2 cm³/mol. The van der Waals surface area contributed by atoms with Crippen LogP contribution in [-0.2, 0) is 6.54 Å². The van der Waals surface area contributed by atoms with Crippen molar-refractivity contribution in [1.82, 2.24) is 10.6 Å². The minimum absolute atomic E-state index is 0. The van der Waals surface area contributed by atoms with Crippen LogP contribution >= 0.6 is 39.9 Å². The molecule has 0 aromatic heterocycles. The fourth-order valence-electron chi connectivity index (χ4n) is 1.35. The monoisotopic (exact) mass is 439 g/mol.